The van der Waals surface area contributed by atoms with Crippen molar-refractivity contribution in [3.05, 3.63) is 0 Å². The van der Waals surface area contributed by atoms with E-state index in [0.717, 1.165) is 0 Å². The molecule has 0 N–H and O–H groups in total. The highest BCUT2D eigenvalue weighted by atomic mass is 79.9. The third kappa shape index (κ3) is 29.4. The fraction of sp³-hybridized carbons (Fsp3) is 1.00. The number of halogens is 2. The lowest BCUT2D eigenvalue weighted by molar-refractivity contribution is 0.505. The molecule has 0 radical (unpaired) electrons. The minimum atomic E-state index is 1.18. The molecule has 0 saturated heterocycles. The van der Waals surface area contributed by atoms with Crippen LogP contribution in [-0.2, 0) is 0 Å². The monoisotopic (exact) mass is 357 g/mol. The predicted molar refractivity (Wildman–Crippen MR) is 84.1 cm³/mol. The SMILES string of the molecule is BrCCCCCCCCCCBr.CN(C)C. The van der Waals surface area contributed by atoms with E-state index in [9.17, 15) is 0 Å². The minimum absolute atomic E-state index is 1.18. The molecule has 0 rings (SSSR count). The fourth-order valence-corrected chi connectivity index (χ4v) is 2.04. The van der Waals surface area contributed by atoms with Gasteiger partial charge in [-0.3, -0.25) is 0 Å². The summed E-state index contributed by atoms with van der Waals surface area (Å²) in [6.45, 7) is 0. The lowest BCUT2D eigenvalue weighted by Gasteiger charge is -1.99. The Hall–Kier alpha value is 0.920. The molecule has 0 unspecified atom stereocenters. The first-order valence-corrected chi connectivity index (χ1v) is 8.62. The van der Waals surface area contributed by atoms with Gasteiger partial charge in [0, 0.05) is 10.7 Å². The van der Waals surface area contributed by atoms with Crippen molar-refractivity contribution in [2.75, 3.05) is 31.8 Å². The molecule has 0 aromatic heterocycles. The van der Waals surface area contributed by atoms with E-state index in [1.807, 2.05) is 26.0 Å². The zero-order valence-electron chi connectivity index (χ0n) is 11.3. The van der Waals surface area contributed by atoms with Crippen LogP contribution in [0.2, 0.25) is 0 Å². The van der Waals surface area contributed by atoms with E-state index in [-0.39, 0.29) is 0 Å². The summed E-state index contributed by atoms with van der Waals surface area (Å²) in [6.07, 6.45) is 11.3. The van der Waals surface area contributed by atoms with E-state index in [4.69, 9.17) is 0 Å². The van der Waals surface area contributed by atoms with E-state index in [2.05, 4.69) is 31.9 Å². The number of rotatable bonds is 9. The Labute approximate surface area is 120 Å². The van der Waals surface area contributed by atoms with Crippen LogP contribution in [0.4, 0.5) is 0 Å². The second-order valence-corrected chi connectivity index (χ2v) is 6.13. The van der Waals surface area contributed by atoms with Gasteiger partial charge >= 0.3 is 0 Å². The lowest BCUT2D eigenvalue weighted by atomic mass is 10.1. The molecule has 3 heteroatoms. The number of hydrogen-bond donors (Lipinski definition) is 0. The van der Waals surface area contributed by atoms with Gasteiger partial charge in [0.05, 0.1) is 0 Å². The normalized spacial score (nSPS) is 10.1. The van der Waals surface area contributed by atoms with Crippen LogP contribution in [-0.4, -0.2) is 36.7 Å². The summed E-state index contributed by atoms with van der Waals surface area (Å²) in [7, 11) is 6.00. The zero-order valence-corrected chi connectivity index (χ0v) is 14.4. The van der Waals surface area contributed by atoms with Crippen LogP contribution in [0.25, 0.3) is 0 Å². The molecule has 0 amide bonds. The summed E-state index contributed by atoms with van der Waals surface area (Å²) in [5.41, 5.74) is 0. The van der Waals surface area contributed by atoms with E-state index in [1.54, 1.807) is 0 Å². The second kappa shape index (κ2) is 18.3. The Morgan fingerprint density at radius 2 is 0.750 bits per heavy atom. The van der Waals surface area contributed by atoms with Gasteiger partial charge in [0.15, 0.2) is 0 Å². The summed E-state index contributed by atoms with van der Waals surface area (Å²) in [6, 6.07) is 0. The van der Waals surface area contributed by atoms with E-state index < -0.39 is 0 Å². The van der Waals surface area contributed by atoms with Crippen molar-refractivity contribution in [3.63, 3.8) is 0 Å². The number of alkyl halides is 2. The third-order valence-corrected chi connectivity index (χ3v) is 3.14. The highest BCUT2D eigenvalue weighted by molar-refractivity contribution is 9.09. The average molecular weight is 359 g/mol. The van der Waals surface area contributed by atoms with Crippen LogP contribution in [0.15, 0.2) is 0 Å². The van der Waals surface area contributed by atoms with Gasteiger partial charge in [-0.2, -0.15) is 0 Å². The van der Waals surface area contributed by atoms with E-state index >= 15 is 0 Å². The molecule has 0 spiro atoms. The van der Waals surface area contributed by atoms with Gasteiger partial charge in [-0.15, -0.1) is 0 Å². The number of unbranched alkanes of at least 4 members (excludes halogenated alkanes) is 7. The maximum Gasteiger partial charge on any atom is 0.00313 e. The molecule has 0 aromatic carbocycles. The molecule has 0 atom stereocenters. The van der Waals surface area contributed by atoms with Gasteiger partial charge < -0.3 is 4.90 Å². The van der Waals surface area contributed by atoms with Crippen molar-refractivity contribution in [2.24, 2.45) is 0 Å². The maximum absolute atomic E-state index is 3.45. The van der Waals surface area contributed by atoms with Crippen LogP contribution in [0.1, 0.15) is 51.4 Å². The lowest BCUT2D eigenvalue weighted by Crippen LogP contribution is -1.99. The standard InChI is InChI=1S/C10H20Br2.C3H9N/c11-9-7-5-3-1-2-4-6-8-10-12;1-4(2)3/h1-10H2;1-3H3. The Balaban J connectivity index is 0. The summed E-state index contributed by atoms with van der Waals surface area (Å²) in [5, 5.41) is 2.35. The fourth-order valence-electron chi connectivity index (χ4n) is 1.25. The summed E-state index contributed by atoms with van der Waals surface area (Å²) < 4.78 is 0. The Morgan fingerprint density at radius 1 is 0.562 bits per heavy atom. The summed E-state index contributed by atoms with van der Waals surface area (Å²) in [4.78, 5) is 2.00. The molecule has 0 aliphatic heterocycles. The van der Waals surface area contributed by atoms with Gasteiger partial charge in [-0.05, 0) is 34.0 Å². The third-order valence-electron chi connectivity index (χ3n) is 2.02. The van der Waals surface area contributed by atoms with Crippen LogP contribution >= 0.6 is 31.9 Å². The van der Waals surface area contributed by atoms with Gasteiger partial charge in [-0.25, -0.2) is 0 Å². The quantitative estimate of drug-likeness (QED) is 0.410. The molecule has 0 heterocycles. The molecular weight excluding hydrogens is 330 g/mol. The van der Waals surface area contributed by atoms with E-state index in [0.29, 0.717) is 0 Å². The molecular formula is C13H29Br2N. The van der Waals surface area contributed by atoms with Gasteiger partial charge in [-0.1, -0.05) is 70.4 Å². The minimum Gasteiger partial charge on any atom is -0.312 e. The van der Waals surface area contributed by atoms with E-state index in [1.165, 1.54) is 62.0 Å². The van der Waals surface area contributed by atoms with Crippen molar-refractivity contribution in [3.8, 4) is 0 Å². The summed E-state index contributed by atoms with van der Waals surface area (Å²) >= 11 is 6.90. The van der Waals surface area contributed by atoms with Crippen molar-refractivity contribution in [1.82, 2.24) is 4.90 Å². The van der Waals surface area contributed by atoms with Gasteiger partial charge in [0.25, 0.3) is 0 Å². The van der Waals surface area contributed by atoms with Crippen molar-refractivity contribution < 1.29 is 0 Å². The van der Waals surface area contributed by atoms with Crippen molar-refractivity contribution in [1.29, 1.82) is 0 Å². The average Bonchev–Trinajstić information content (AvgIpc) is 2.21. The van der Waals surface area contributed by atoms with Crippen molar-refractivity contribution in [2.45, 2.75) is 51.4 Å². The smallest absolute Gasteiger partial charge is 0.00313 e. The second-order valence-electron chi connectivity index (χ2n) is 4.55. The first kappa shape index (κ1) is 19.3. The molecule has 0 aromatic rings. The van der Waals surface area contributed by atoms with Crippen molar-refractivity contribution >= 4 is 31.9 Å². The van der Waals surface area contributed by atoms with Crippen LogP contribution < -0.4 is 0 Å². The summed E-state index contributed by atoms with van der Waals surface area (Å²) in [5.74, 6) is 0. The van der Waals surface area contributed by atoms with Gasteiger partial charge in [0.2, 0.25) is 0 Å². The molecule has 0 saturated carbocycles. The van der Waals surface area contributed by atoms with Gasteiger partial charge in [0.1, 0.15) is 0 Å². The molecule has 1 nitrogen and oxygen atoms in total. The van der Waals surface area contributed by atoms with Crippen LogP contribution in [0.3, 0.4) is 0 Å². The molecule has 0 aliphatic carbocycles. The topological polar surface area (TPSA) is 3.24 Å². The first-order valence-electron chi connectivity index (χ1n) is 6.38. The Morgan fingerprint density at radius 3 is 0.938 bits per heavy atom. The van der Waals surface area contributed by atoms with Crippen LogP contribution in [0, 0.1) is 0 Å². The van der Waals surface area contributed by atoms with Crippen LogP contribution in [0.5, 0.6) is 0 Å². The number of hydrogen-bond acceptors (Lipinski definition) is 1. The Bertz CT molecular complexity index is 95.4. The number of nitrogens with zero attached hydrogens (tertiary/aromatic N) is 1. The highest BCUT2D eigenvalue weighted by Gasteiger charge is 1.90. The highest BCUT2D eigenvalue weighted by Crippen LogP contribution is 2.09. The molecule has 0 aliphatic rings. The largest absolute Gasteiger partial charge is 0.312 e. The molecule has 16 heavy (non-hydrogen) atoms. The first-order chi connectivity index (χ1) is 7.65. The predicted octanol–water partition coefficient (Wildman–Crippen LogP) is 5.07. The Kier molecular flexibility index (Phi) is 22.0. The molecule has 0 fully saturated rings. The zero-order chi connectivity index (χ0) is 12.6. The molecule has 0 bridgehead atoms. The maximum atomic E-state index is 3.45. The molecule has 100 valence electrons.